The minimum absolute atomic E-state index is 0. The number of hydrogen-bond donors (Lipinski definition) is 2. The normalized spacial score (nSPS) is 14.5. The SMILES string of the molecule is Cl.Cl.NCc1cc(NC(=O)CN2CCN(c3ccccn3)CC2)cc(C(F)(F)F)c1. The van der Waals surface area contributed by atoms with E-state index in [1.807, 2.05) is 23.1 Å². The van der Waals surface area contributed by atoms with E-state index in [4.69, 9.17) is 5.73 Å². The van der Waals surface area contributed by atoms with Crippen molar-refractivity contribution in [2.24, 2.45) is 5.73 Å². The zero-order chi connectivity index (χ0) is 20.1. The first kappa shape index (κ1) is 26.0. The van der Waals surface area contributed by atoms with Crippen molar-refractivity contribution in [3.05, 3.63) is 53.7 Å². The number of piperazine rings is 1. The van der Waals surface area contributed by atoms with E-state index >= 15 is 0 Å². The van der Waals surface area contributed by atoms with Gasteiger partial charge in [0.2, 0.25) is 5.91 Å². The summed E-state index contributed by atoms with van der Waals surface area (Å²) in [4.78, 5) is 20.7. The van der Waals surface area contributed by atoms with Crippen LogP contribution in [-0.4, -0.2) is 48.5 Å². The van der Waals surface area contributed by atoms with Crippen molar-refractivity contribution in [2.45, 2.75) is 12.7 Å². The van der Waals surface area contributed by atoms with E-state index in [1.165, 1.54) is 6.07 Å². The van der Waals surface area contributed by atoms with Gasteiger partial charge in [-0.3, -0.25) is 9.69 Å². The van der Waals surface area contributed by atoms with Gasteiger partial charge in [0, 0.05) is 44.6 Å². The number of pyridine rings is 1. The highest BCUT2D eigenvalue weighted by atomic mass is 35.5. The van der Waals surface area contributed by atoms with Crippen molar-refractivity contribution in [1.29, 1.82) is 0 Å². The third kappa shape index (κ3) is 7.02. The Bertz CT molecular complexity index is 816. The molecule has 3 rings (SSSR count). The van der Waals surface area contributed by atoms with Gasteiger partial charge >= 0.3 is 6.18 Å². The van der Waals surface area contributed by atoms with Gasteiger partial charge in [-0.2, -0.15) is 13.2 Å². The molecule has 30 heavy (non-hydrogen) atoms. The van der Waals surface area contributed by atoms with E-state index in [0.717, 1.165) is 31.0 Å². The molecule has 1 saturated heterocycles. The van der Waals surface area contributed by atoms with Crippen LogP contribution in [0.25, 0.3) is 0 Å². The molecule has 0 saturated carbocycles. The van der Waals surface area contributed by atoms with Crippen molar-refractivity contribution in [3.63, 3.8) is 0 Å². The minimum Gasteiger partial charge on any atom is -0.354 e. The number of anilines is 2. The zero-order valence-corrected chi connectivity index (χ0v) is 17.7. The fourth-order valence-electron chi connectivity index (χ4n) is 3.13. The predicted molar refractivity (Wildman–Crippen MR) is 115 cm³/mol. The standard InChI is InChI=1S/C19H22F3N5O.2ClH/c20-19(21,22)15-9-14(12-23)10-16(11-15)25-18(28)13-26-5-7-27(8-6-26)17-3-1-2-4-24-17;;/h1-4,9-11H,5-8,12-13,23H2,(H,25,28);2*1H. The molecule has 1 aromatic heterocycles. The average molecular weight is 466 g/mol. The number of hydrogen-bond acceptors (Lipinski definition) is 5. The molecular formula is C19H24Cl2F3N5O. The van der Waals surface area contributed by atoms with Crippen LogP contribution in [0.2, 0.25) is 0 Å². The van der Waals surface area contributed by atoms with Crippen molar-refractivity contribution in [1.82, 2.24) is 9.88 Å². The summed E-state index contributed by atoms with van der Waals surface area (Å²) in [6, 6.07) is 9.10. The Balaban J connectivity index is 0.00000225. The van der Waals surface area contributed by atoms with Crippen LogP contribution >= 0.6 is 24.8 Å². The number of rotatable bonds is 5. The molecule has 0 aliphatic carbocycles. The fraction of sp³-hybridized carbons (Fsp3) is 0.368. The van der Waals surface area contributed by atoms with E-state index in [2.05, 4.69) is 15.2 Å². The van der Waals surface area contributed by atoms with Crippen molar-refractivity contribution >= 4 is 42.2 Å². The van der Waals surface area contributed by atoms with Crippen molar-refractivity contribution in [3.8, 4) is 0 Å². The summed E-state index contributed by atoms with van der Waals surface area (Å²) in [7, 11) is 0. The second-order valence-electron chi connectivity index (χ2n) is 6.62. The number of amides is 1. The van der Waals surface area contributed by atoms with Gasteiger partial charge < -0.3 is 16.0 Å². The lowest BCUT2D eigenvalue weighted by Gasteiger charge is -2.34. The highest BCUT2D eigenvalue weighted by Crippen LogP contribution is 2.32. The zero-order valence-electron chi connectivity index (χ0n) is 16.1. The maximum Gasteiger partial charge on any atom is 0.416 e. The molecule has 1 aromatic carbocycles. The summed E-state index contributed by atoms with van der Waals surface area (Å²) in [5.41, 5.74) is 5.07. The van der Waals surface area contributed by atoms with Crippen LogP contribution < -0.4 is 16.0 Å². The van der Waals surface area contributed by atoms with Gasteiger partial charge in [-0.15, -0.1) is 24.8 Å². The molecule has 0 unspecified atom stereocenters. The number of aromatic nitrogens is 1. The van der Waals surface area contributed by atoms with Gasteiger partial charge in [-0.1, -0.05) is 6.07 Å². The summed E-state index contributed by atoms with van der Waals surface area (Å²) in [6.45, 7) is 2.87. The first-order valence-corrected chi connectivity index (χ1v) is 8.94. The highest BCUT2D eigenvalue weighted by molar-refractivity contribution is 5.92. The minimum atomic E-state index is -4.49. The molecule has 0 radical (unpaired) electrons. The van der Waals surface area contributed by atoms with Crippen LogP contribution in [0, 0.1) is 0 Å². The summed E-state index contributed by atoms with van der Waals surface area (Å²) < 4.78 is 39.0. The Morgan fingerprint density at radius 2 is 1.80 bits per heavy atom. The summed E-state index contributed by atoms with van der Waals surface area (Å²) in [5, 5.41) is 2.56. The van der Waals surface area contributed by atoms with Crippen LogP contribution in [0.1, 0.15) is 11.1 Å². The van der Waals surface area contributed by atoms with Gasteiger partial charge in [0.15, 0.2) is 0 Å². The molecular weight excluding hydrogens is 442 g/mol. The molecule has 166 valence electrons. The molecule has 11 heteroatoms. The van der Waals surface area contributed by atoms with Crippen LogP contribution in [-0.2, 0) is 17.5 Å². The first-order chi connectivity index (χ1) is 13.3. The molecule has 2 aromatic rings. The molecule has 0 spiro atoms. The predicted octanol–water partition coefficient (Wildman–Crippen LogP) is 3.16. The van der Waals surface area contributed by atoms with E-state index < -0.39 is 11.7 Å². The summed E-state index contributed by atoms with van der Waals surface area (Å²) in [5.74, 6) is 0.540. The Labute approximate surface area is 185 Å². The molecule has 3 N–H and O–H groups in total. The maximum atomic E-state index is 13.0. The number of carbonyl (C=O) groups is 1. The van der Waals surface area contributed by atoms with E-state index in [1.54, 1.807) is 6.20 Å². The number of halogens is 5. The Kier molecular flexibility index (Phi) is 9.83. The molecule has 1 aliphatic rings. The van der Waals surface area contributed by atoms with Gasteiger partial charge in [-0.25, -0.2) is 4.98 Å². The van der Waals surface area contributed by atoms with Crippen LogP contribution in [0.5, 0.6) is 0 Å². The smallest absolute Gasteiger partial charge is 0.354 e. The maximum absolute atomic E-state index is 13.0. The van der Waals surface area contributed by atoms with Crippen LogP contribution in [0.3, 0.4) is 0 Å². The summed E-state index contributed by atoms with van der Waals surface area (Å²) in [6.07, 6.45) is -2.76. The fourth-order valence-corrected chi connectivity index (χ4v) is 3.13. The number of nitrogens with one attached hydrogen (secondary N) is 1. The number of alkyl halides is 3. The second kappa shape index (κ2) is 11.4. The Morgan fingerprint density at radius 3 is 2.37 bits per heavy atom. The van der Waals surface area contributed by atoms with E-state index in [-0.39, 0.29) is 49.5 Å². The van der Waals surface area contributed by atoms with Crippen molar-refractivity contribution in [2.75, 3.05) is 42.9 Å². The largest absolute Gasteiger partial charge is 0.416 e. The van der Waals surface area contributed by atoms with Gasteiger partial charge in [0.05, 0.1) is 12.1 Å². The third-order valence-electron chi connectivity index (χ3n) is 4.55. The number of nitrogens with two attached hydrogens (primary N) is 1. The van der Waals surface area contributed by atoms with Crippen LogP contribution in [0.4, 0.5) is 24.7 Å². The van der Waals surface area contributed by atoms with Crippen LogP contribution in [0.15, 0.2) is 42.6 Å². The Morgan fingerprint density at radius 1 is 1.10 bits per heavy atom. The number of carbonyl (C=O) groups excluding carboxylic acids is 1. The highest BCUT2D eigenvalue weighted by Gasteiger charge is 2.31. The molecule has 1 amide bonds. The lowest BCUT2D eigenvalue weighted by Crippen LogP contribution is -2.48. The molecule has 0 bridgehead atoms. The topological polar surface area (TPSA) is 74.5 Å². The van der Waals surface area contributed by atoms with Crippen molar-refractivity contribution < 1.29 is 18.0 Å². The molecule has 0 atom stereocenters. The molecule has 1 fully saturated rings. The van der Waals surface area contributed by atoms with Gasteiger partial charge in [0.1, 0.15) is 5.82 Å². The van der Waals surface area contributed by atoms with Gasteiger partial charge in [0.25, 0.3) is 0 Å². The lowest BCUT2D eigenvalue weighted by atomic mass is 10.1. The van der Waals surface area contributed by atoms with Gasteiger partial charge in [-0.05, 0) is 35.9 Å². The first-order valence-electron chi connectivity index (χ1n) is 8.94. The lowest BCUT2D eigenvalue weighted by molar-refractivity contribution is -0.137. The summed E-state index contributed by atoms with van der Waals surface area (Å²) >= 11 is 0. The molecule has 6 nitrogen and oxygen atoms in total. The van der Waals surface area contributed by atoms with E-state index in [0.29, 0.717) is 18.7 Å². The second-order valence-corrected chi connectivity index (χ2v) is 6.62. The third-order valence-corrected chi connectivity index (χ3v) is 4.55. The quantitative estimate of drug-likeness (QED) is 0.709. The average Bonchev–Trinajstić information content (AvgIpc) is 2.68. The molecule has 1 aliphatic heterocycles. The number of benzene rings is 1. The van der Waals surface area contributed by atoms with E-state index in [9.17, 15) is 18.0 Å². The Hall–Kier alpha value is -2.07. The molecule has 2 heterocycles. The number of nitrogens with zero attached hydrogens (tertiary/aromatic N) is 3. The monoisotopic (exact) mass is 465 g/mol.